The maximum Gasteiger partial charge on any atom is 0.135 e. The average molecular weight is 441 g/mol. The van der Waals surface area contributed by atoms with Gasteiger partial charge in [0.15, 0.2) is 0 Å². The molecule has 0 saturated carbocycles. The molecule has 5 rings (SSSR count). The second kappa shape index (κ2) is 9.83. The normalized spacial score (nSPS) is 16.5. The van der Waals surface area contributed by atoms with E-state index in [2.05, 4.69) is 32.3 Å². The van der Waals surface area contributed by atoms with E-state index in [0.717, 1.165) is 49.6 Å². The molecule has 1 aliphatic heterocycles. The predicted octanol–water partition coefficient (Wildman–Crippen LogP) is 5.20. The number of pyridine rings is 2. The zero-order chi connectivity index (χ0) is 22.5. The molecule has 1 atom stereocenters. The van der Waals surface area contributed by atoms with Gasteiger partial charge in [-0.2, -0.15) is 0 Å². The van der Waals surface area contributed by atoms with E-state index >= 15 is 0 Å². The highest BCUT2D eigenvalue weighted by molar-refractivity contribution is 5.65. The van der Waals surface area contributed by atoms with Gasteiger partial charge in [-0.1, -0.05) is 6.07 Å². The van der Waals surface area contributed by atoms with Gasteiger partial charge in [0.05, 0.1) is 5.69 Å². The van der Waals surface area contributed by atoms with Crippen LogP contribution in [0.5, 0.6) is 0 Å². The number of anilines is 2. The summed E-state index contributed by atoms with van der Waals surface area (Å²) in [5.41, 5.74) is 3.63. The molecule has 0 amide bonds. The Kier molecular flexibility index (Phi) is 6.30. The first kappa shape index (κ1) is 21.2. The third kappa shape index (κ3) is 5.38. The van der Waals surface area contributed by atoms with Crippen molar-refractivity contribution in [3.8, 4) is 11.3 Å². The Morgan fingerprint density at radius 3 is 2.70 bits per heavy atom. The molecule has 1 fully saturated rings. The number of aromatic nitrogens is 4. The van der Waals surface area contributed by atoms with Crippen LogP contribution in [0.15, 0.2) is 79.4 Å². The van der Waals surface area contributed by atoms with Crippen LogP contribution < -0.4 is 5.32 Å². The van der Waals surface area contributed by atoms with E-state index in [4.69, 9.17) is 9.97 Å². The summed E-state index contributed by atoms with van der Waals surface area (Å²) in [4.78, 5) is 20.6. The standard InChI is InChI=1S/C26H25FN6/c27-22-6-1-7-23(14-22)30-25-15-24(20-4-2-10-29-16-20)31-26(32-25)21-5-3-13-33(18-21)17-19-8-11-28-12-9-19/h1-2,4,6-12,14-16,21H,3,5,13,17-18H2,(H,30,31,32)/t21-/m0/s1. The molecule has 4 aromatic rings. The maximum absolute atomic E-state index is 13.7. The Balaban J connectivity index is 1.44. The lowest BCUT2D eigenvalue weighted by Gasteiger charge is -2.32. The number of halogens is 1. The second-order valence-electron chi connectivity index (χ2n) is 8.30. The molecule has 1 N–H and O–H groups in total. The van der Waals surface area contributed by atoms with Crippen LogP contribution in [0.2, 0.25) is 0 Å². The molecular formula is C26H25FN6. The van der Waals surface area contributed by atoms with Crippen molar-refractivity contribution in [2.24, 2.45) is 0 Å². The van der Waals surface area contributed by atoms with Crippen molar-refractivity contribution in [2.75, 3.05) is 18.4 Å². The van der Waals surface area contributed by atoms with E-state index in [0.29, 0.717) is 11.5 Å². The first-order chi connectivity index (χ1) is 16.2. The lowest BCUT2D eigenvalue weighted by molar-refractivity contribution is 0.196. The van der Waals surface area contributed by atoms with Crippen LogP contribution in [0.4, 0.5) is 15.9 Å². The zero-order valence-corrected chi connectivity index (χ0v) is 18.2. The van der Waals surface area contributed by atoms with Gasteiger partial charge in [0.1, 0.15) is 17.5 Å². The van der Waals surface area contributed by atoms with E-state index < -0.39 is 0 Å². The summed E-state index contributed by atoms with van der Waals surface area (Å²) in [6.07, 6.45) is 9.33. The number of nitrogens with zero attached hydrogens (tertiary/aromatic N) is 5. The van der Waals surface area contributed by atoms with Crippen LogP contribution in [0.25, 0.3) is 11.3 Å². The number of benzene rings is 1. The molecule has 166 valence electrons. The first-order valence-electron chi connectivity index (χ1n) is 11.2. The van der Waals surface area contributed by atoms with E-state index in [1.54, 1.807) is 18.5 Å². The van der Waals surface area contributed by atoms with E-state index in [-0.39, 0.29) is 11.7 Å². The molecule has 0 bridgehead atoms. The summed E-state index contributed by atoms with van der Waals surface area (Å²) in [5.74, 6) is 1.37. The minimum Gasteiger partial charge on any atom is -0.340 e. The number of hydrogen-bond acceptors (Lipinski definition) is 6. The molecule has 6 nitrogen and oxygen atoms in total. The fraction of sp³-hybridized carbons (Fsp3) is 0.231. The van der Waals surface area contributed by atoms with Crippen molar-refractivity contribution in [3.63, 3.8) is 0 Å². The van der Waals surface area contributed by atoms with E-state index in [9.17, 15) is 4.39 Å². The molecule has 33 heavy (non-hydrogen) atoms. The van der Waals surface area contributed by atoms with Crippen molar-refractivity contribution >= 4 is 11.5 Å². The largest absolute Gasteiger partial charge is 0.340 e. The van der Waals surface area contributed by atoms with Crippen LogP contribution in [0.1, 0.15) is 30.1 Å². The molecule has 7 heteroatoms. The maximum atomic E-state index is 13.7. The fourth-order valence-corrected chi connectivity index (χ4v) is 4.25. The Bertz CT molecular complexity index is 1200. The summed E-state index contributed by atoms with van der Waals surface area (Å²) in [6, 6.07) is 16.3. The highest BCUT2D eigenvalue weighted by Gasteiger charge is 2.24. The summed E-state index contributed by atoms with van der Waals surface area (Å²) >= 11 is 0. The van der Waals surface area contributed by atoms with Gasteiger partial charge in [-0.05, 0) is 67.4 Å². The van der Waals surface area contributed by atoms with Crippen molar-refractivity contribution in [2.45, 2.75) is 25.3 Å². The smallest absolute Gasteiger partial charge is 0.135 e. The third-order valence-electron chi connectivity index (χ3n) is 5.82. The molecule has 3 aromatic heterocycles. The Morgan fingerprint density at radius 1 is 0.970 bits per heavy atom. The van der Waals surface area contributed by atoms with E-state index in [1.807, 2.05) is 36.7 Å². The summed E-state index contributed by atoms with van der Waals surface area (Å²) < 4.78 is 13.7. The first-order valence-corrected chi connectivity index (χ1v) is 11.2. The monoisotopic (exact) mass is 440 g/mol. The lowest BCUT2D eigenvalue weighted by Crippen LogP contribution is -2.34. The molecular weight excluding hydrogens is 415 g/mol. The van der Waals surface area contributed by atoms with Gasteiger partial charge < -0.3 is 5.32 Å². The van der Waals surface area contributed by atoms with Crippen molar-refractivity contribution in [1.29, 1.82) is 0 Å². The van der Waals surface area contributed by atoms with Crippen LogP contribution in [-0.2, 0) is 6.54 Å². The molecule has 1 aliphatic rings. The topological polar surface area (TPSA) is 66.8 Å². The van der Waals surface area contributed by atoms with Crippen LogP contribution >= 0.6 is 0 Å². The van der Waals surface area contributed by atoms with Crippen molar-refractivity contribution in [3.05, 3.63) is 96.6 Å². The van der Waals surface area contributed by atoms with Crippen LogP contribution in [0.3, 0.4) is 0 Å². The van der Waals surface area contributed by atoms with Gasteiger partial charge in [0.2, 0.25) is 0 Å². The average Bonchev–Trinajstić information content (AvgIpc) is 2.85. The van der Waals surface area contributed by atoms with Gasteiger partial charge in [0, 0.05) is 61.1 Å². The number of piperidine rings is 1. The lowest BCUT2D eigenvalue weighted by atomic mass is 9.96. The highest BCUT2D eigenvalue weighted by atomic mass is 19.1. The number of nitrogens with one attached hydrogen (secondary N) is 1. The van der Waals surface area contributed by atoms with Gasteiger partial charge >= 0.3 is 0 Å². The van der Waals surface area contributed by atoms with E-state index in [1.165, 1.54) is 17.7 Å². The number of likely N-dealkylation sites (tertiary alicyclic amines) is 1. The predicted molar refractivity (Wildman–Crippen MR) is 126 cm³/mol. The van der Waals surface area contributed by atoms with Gasteiger partial charge in [-0.25, -0.2) is 14.4 Å². The number of rotatable bonds is 6. The van der Waals surface area contributed by atoms with Gasteiger partial charge in [0.25, 0.3) is 0 Å². The Hall–Kier alpha value is -3.71. The third-order valence-corrected chi connectivity index (χ3v) is 5.82. The second-order valence-corrected chi connectivity index (χ2v) is 8.30. The molecule has 0 spiro atoms. The quantitative estimate of drug-likeness (QED) is 0.445. The molecule has 0 aliphatic carbocycles. The molecule has 1 aromatic carbocycles. The number of hydrogen-bond donors (Lipinski definition) is 1. The van der Waals surface area contributed by atoms with Gasteiger partial charge in [-0.15, -0.1) is 0 Å². The minimum absolute atomic E-state index is 0.213. The SMILES string of the molecule is Fc1cccc(Nc2cc(-c3cccnc3)nc([C@H]3CCCN(Cc4ccncc4)C3)n2)c1. The summed E-state index contributed by atoms with van der Waals surface area (Å²) in [7, 11) is 0. The minimum atomic E-state index is -0.291. The molecule has 0 unspecified atom stereocenters. The van der Waals surface area contributed by atoms with Crippen molar-refractivity contribution < 1.29 is 4.39 Å². The molecule has 4 heterocycles. The Labute approximate surface area is 192 Å². The van der Waals surface area contributed by atoms with Crippen LogP contribution in [0, 0.1) is 5.82 Å². The van der Waals surface area contributed by atoms with Gasteiger partial charge in [-0.3, -0.25) is 14.9 Å². The van der Waals surface area contributed by atoms with Crippen molar-refractivity contribution in [1.82, 2.24) is 24.8 Å². The Morgan fingerprint density at radius 2 is 1.88 bits per heavy atom. The van der Waals surface area contributed by atoms with Crippen LogP contribution in [-0.4, -0.2) is 37.9 Å². The fourth-order valence-electron chi connectivity index (χ4n) is 4.25. The summed E-state index contributed by atoms with van der Waals surface area (Å²) in [5, 5.41) is 3.25. The summed E-state index contributed by atoms with van der Waals surface area (Å²) in [6.45, 7) is 2.82. The zero-order valence-electron chi connectivity index (χ0n) is 18.2. The molecule has 0 radical (unpaired) electrons. The molecule has 1 saturated heterocycles. The highest BCUT2D eigenvalue weighted by Crippen LogP contribution is 2.29.